The van der Waals surface area contributed by atoms with Gasteiger partial charge in [0.05, 0.1) is 11.6 Å². The van der Waals surface area contributed by atoms with Crippen LogP contribution in [0.4, 0.5) is 4.39 Å². The maximum Gasteiger partial charge on any atom is 0.308 e. The van der Waals surface area contributed by atoms with Crippen LogP contribution in [0, 0.1) is 24.6 Å². The topological polar surface area (TPSA) is 75.4 Å². The third-order valence-corrected chi connectivity index (χ3v) is 4.47. The van der Waals surface area contributed by atoms with Gasteiger partial charge in [0.25, 0.3) is 5.91 Å². The number of hydrogen-bond acceptors (Lipinski definition) is 3. The summed E-state index contributed by atoms with van der Waals surface area (Å²) in [6.45, 7) is 4.47. The number of piperidine rings is 1. The molecule has 0 saturated carbocycles. The fraction of sp³-hybridized carbons (Fsp3) is 0.389. The largest absolute Gasteiger partial charge is 0.481 e. The van der Waals surface area contributed by atoms with Crippen molar-refractivity contribution >= 4 is 11.9 Å². The predicted octanol–water partition coefficient (Wildman–Crippen LogP) is 2.50. The Morgan fingerprint density at radius 1 is 1.24 bits per heavy atom. The number of carbonyl (C=O) groups excluding carboxylic acids is 1. The molecule has 1 aromatic carbocycles. The number of amides is 1. The van der Waals surface area contributed by atoms with E-state index in [0.717, 1.165) is 5.69 Å². The van der Waals surface area contributed by atoms with Crippen molar-refractivity contribution in [1.82, 2.24) is 14.7 Å². The quantitative estimate of drug-likeness (QED) is 0.927. The molecule has 0 bridgehead atoms. The van der Waals surface area contributed by atoms with Gasteiger partial charge in [0.1, 0.15) is 5.82 Å². The molecule has 0 aliphatic carbocycles. The van der Waals surface area contributed by atoms with E-state index in [1.807, 2.05) is 13.8 Å². The van der Waals surface area contributed by atoms with E-state index in [4.69, 9.17) is 0 Å². The first-order chi connectivity index (χ1) is 11.8. The molecule has 2 unspecified atom stereocenters. The smallest absolute Gasteiger partial charge is 0.308 e. The van der Waals surface area contributed by atoms with Gasteiger partial charge in [0.2, 0.25) is 0 Å². The first kappa shape index (κ1) is 17.1. The maximum absolute atomic E-state index is 13.1. The summed E-state index contributed by atoms with van der Waals surface area (Å²) in [6.07, 6.45) is 0.572. The van der Waals surface area contributed by atoms with Crippen molar-refractivity contribution in [3.63, 3.8) is 0 Å². The Labute approximate surface area is 144 Å². The standard InChI is InChI=1S/C18H20FN3O3/c1-11-7-13(18(24)25)10-21(9-11)17(23)16-8-12(2)22(20-16)15-5-3-14(19)4-6-15/h3-6,8,11,13H,7,9-10H2,1-2H3,(H,24,25). The van der Waals surface area contributed by atoms with Gasteiger partial charge < -0.3 is 10.0 Å². The second kappa shape index (κ2) is 6.66. The molecule has 132 valence electrons. The van der Waals surface area contributed by atoms with Crippen LogP contribution in [0.25, 0.3) is 5.69 Å². The van der Waals surface area contributed by atoms with E-state index in [0.29, 0.717) is 18.7 Å². The Hall–Kier alpha value is -2.70. The van der Waals surface area contributed by atoms with Gasteiger partial charge in [-0.1, -0.05) is 6.92 Å². The zero-order chi connectivity index (χ0) is 18.1. The number of aromatic nitrogens is 2. The molecule has 1 amide bonds. The average Bonchev–Trinajstić information content (AvgIpc) is 2.96. The molecule has 0 spiro atoms. The van der Waals surface area contributed by atoms with Gasteiger partial charge in [0.15, 0.2) is 5.69 Å². The van der Waals surface area contributed by atoms with Gasteiger partial charge >= 0.3 is 5.97 Å². The van der Waals surface area contributed by atoms with E-state index in [1.54, 1.807) is 27.8 Å². The van der Waals surface area contributed by atoms with E-state index in [2.05, 4.69) is 5.10 Å². The molecule has 3 rings (SSSR count). The summed E-state index contributed by atoms with van der Waals surface area (Å²) in [5, 5.41) is 13.6. The lowest BCUT2D eigenvalue weighted by atomic mass is 9.90. The number of benzene rings is 1. The summed E-state index contributed by atoms with van der Waals surface area (Å²) in [5.74, 6) is -1.92. The Balaban J connectivity index is 1.84. The van der Waals surface area contributed by atoms with Crippen LogP contribution >= 0.6 is 0 Å². The molecule has 1 aromatic heterocycles. The molecule has 2 aromatic rings. The first-order valence-electron chi connectivity index (χ1n) is 8.20. The maximum atomic E-state index is 13.1. The van der Waals surface area contributed by atoms with E-state index in [9.17, 15) is 19.1 Å². The lowest BCUT2D eigenvalue weighted by Gasteiger charge is -2.34. The number of hydrogen-bond donors (Lipinski definition) is 1. The minimum atomic E-state index is -0.877. The van der Waals surface area contributed by atoms with Crippen LogP contribution in [0.3, 0.4) is 0 Å². The zero-order valence-corrected chi connectivity index (χ0v) is 14.1. The minimum Gasteiger partial charge on any atom is -0.481 e. The van der Waals surface area contributed by atoms with Gasteiger partial charge in [0, 0.05) is 18.8 Å². The van der Waals surface area contributed by atoms with Crippen molar-refractivity contribution in [2.75, 3.05) is 13.1 Å². The fourth-order valence-electron chi connectivity index (χ4n) is 3.28. The van der Waals surface area contributed by atoms with E-state index in [-0.39, 0.29) is 29.9 Å². The van der Waals surface area contributed by atoms with Crippen LogP contribution in [-0.4, -0.2) is 44.8 Å². The number of nitrogens with zero attached hydrogens (tertiary/aromatic N) is 3. The van der Waals surface area contributed by atoms with Crippen LogP contribution in [-0.2, 0) is 4.79 Å². The highest BCUT2D eigenvalue weighted by atomic mass is 19.1. The van der Waals surface area contributed by atoms with E-state index in [1.165, 1.54) is 12.1 Å². The molecule has 1 aliphatic heterocycles. The molecule has 0 radical (unpaired) electrons. The number of aliphatic carboxylic acids is 1. The molecule has 2 atom stereocenters. The van der Waals surface area contributed by atoms with Crippen LogP contribution in [0.15, 0.2) is 30.3 Å². The van der Waals surface area contributed by atoms with Gasteiger partial charge in [-0.25, -0.2) is 9.07 Å². The molecule has 1 fully saturated rings. The third kappa shape index (κ3) is 3.55. The van der Waals surface area contributed by atoms with Crippen molar-refractivity contribution in [1.29, 1.82) is 0 Å². The highest BCUT2D eigenvalue weighted by Crippen LogP contribution is 2.23. The fourth-order valence-corrected chi connectivity index (χ4v) is 3.28. The molecule has 1 N–H and O–H groups in total. The van der Waals surface area contributed by atoms with Crippen LogP contribution in [0.5, 0.6) is 0 Å². The van der Waals surface area contributed by atoms with Gasteiger partial charge in [-0.3, -0.25) is 9.59 Å². The van der Waals surface area contributed by atoms with Gasteiger partial charge in [-0.15, -0.1) is 0 Å². The molecule has 7 heteroatoms. The molecule has 25 heavy (non-hydrogen) atoms. The minimum absolute atomic E-state index is 0.124. The summed E-state index contributed by atoms with van der Waals surface area (Å²) < 4.78 is 14.7. The summed E-state index contributed by atoms with van der Waals surface area (Å²) in [4.78, 5) is 25.6. The van der Waals surface area contributed by atoms with Gasteiger partial charge in [-0.2, -0.15) is 5.10 Å². The Kier molecular flexibility index (Phi) is 4.57. The third-order valence-electron chi connectivity index (χ3n) is 4.47. The van der Waals surface area contributed by atoms with E-state index < -0.39 is 11.9 Å². The molecular formula is C18H20FN3O3. The van der Waals surface area contributed by atoms with E-state index >= 15 is 0 Å². The molecule has 1 aliphatic rings. The molecule has 2 heterocycles. The summed E-state index contributed by atoms with van der Waals surface area (Å²) in [7, 11) is 0. The summed E-state index contributed by atoms with van der Waals surface area (Å²) in [5.41, 5.74) is 1.67. The molecular weight excluding hydrogens is 325 g/mol. The Bertz CT molecular complexity index is 800. The number of likely N-dealkylation sites (tertiary alicyclic amines) is 1. The molecule has 6 nitrogen and oxygen atoms in total. The summed E-state index contributed by atoms with van der Waals surface area (Å²) in [6, 6.07) is 7.52. The normalized spacial score (nSPS) is 20.5. The first-order valence-corrected chi connectivity index (χ1v) is 8.20. The Morgan fingerprint density at radius 2 is 1.92 bits per heavy atom. The number of halogens is 1. The predicted molar refractivity (Wildman–Crippen MR) is 89.1 cm³/mol. The number of carboxylic acid groups (broad SMARTS) is 1. The lowest BCUT2D eigenvalue weighted by molar-refractivity contribution is -0.143. The molecule has 1 saturated heterocycles. The van der Waals surface area contributed by atoms with Gasteiger partial charge in [-0.05, 0) is 49.6 Å². The van der Waals surface area contributed by atoms with Crippen molar-refractivity contribution in [3.8, 4) is 5.69 Å². The average molecular weight is 345 g/mol. The number of carboxylic acids is 1. The van der Waals surface area contributed by atoms with Crippen molar-refractivity contribution in [3.05, 3.63) is 47.5 Å². The number of rotatable bonds is 3. The number of carbonyl (C=O) groups is 2. The van der Waals surface area contributed by atoms with Crippen molar-refractivity contribution in [2.24, 2.45) is 11.8 Å². The van der Waals surface area contributed by atoms with Crippen LogP contribution < -0.4 is 0 Å². The second-order valence-electron chi connectivity index (χ2n) is 6.65. The Morgan fingerprint density at radius 3 is 2.56 bits per heavy atom. The lowest BCUT2D eigenvalue weighted by Crippen LogP contribution is -2.45. The van der Waals surface area contributed by atoms with Crippen LogP contribution in [0.1, 0.15) is 29.5 Å². The monoisotopic (exact) mass is 345 g/mol. The number of aryl methyl sites for hydroxylation is 1. The van der Waals surface area contributed by atoms with Crippen LogP contribution in [0.2, 0.25) is 0 Å². The SMILES string of the molecule is Cc1cc(C(=O)N2CC(C)CC(C(=O)O)C2)nn1-c1ccc(F)cc1. The van der Waals surface area contributed by atoms with Crippen molar-refractivity contribution in [2.45, 2.75) is 20.3 Å². The summed E-state index contributed by atoms with van der Waals surface area (Å²) >= 11 is 0. The zero-order valence-electron chi connectivity index (χ0n) is 14.1. The second-order valence-corrected chi connectivity index (χ2v) is 6.65. The highest BCUT2D eigenvalue weighted by molar-refractivity contribution is 5.93. The van der Waals surface area contributed by atoms with Crippen molar-refractivity contribution < 1.29 is 19.1 Å². The highest BCUT2D eigenvalue weighted by Gasteiger charge is 2.33.